The van der Waals surface area contributed by atoms with E-state index in [-0.39, 0.29) is 17.9 Å². The third-order valence-corrected chi connectivity index (χ3v) is 3.02. The first kappa shape index (κ1) is 13.7. The van der Waals surface area contributed by atoms with Crippen LogP contribution >= 0.6 is 15.9 Å². The van der Waals surface area contributed by atoms with Gasteiger partial charge in [0.05, 0.1) is 6.42 Å². The number of hydrogen-bond donors (Lipinski definition) is 1. The summed E-state index contributed by atoms with van der Waals surface area (Å²) in [6.07, 6.45) is -0.137. The standard InChI is InChI=1S/C14H10BrF2NO/c15-10-2-5-12(6-3-10)18-14(19)7-9-1-4-11(16)8-13(9)17/h1-6,8H,7H2,(H,18,19). The van der Waals surface area contributed by atoms with Crippen molar-refractivity contribution in [3.63, 3.8) is 0 Å². The van der Waals surface area contributed by atoms with E-state index < -0.39 is 11.6 Å². The second-order valence-corrected chi connectivity index (χ2v) is 4.88. The molecule has 0 radical (unpaired) electrons. The van der Waals surface area contributed by atoms with Crippen molar-refractivity contribution in [3.8, 4) is 0 Å². The Balaban J connectivity index is 2.03. The second-order valence-electron chi connectivity index (χ2n) is 3.97. The fraction of sp³-hybridized carbons (Fsp3) is 0.0714. The molecule has 0 aliphatic rings. The van der Waals surface area contributed by atoms with E-state index in [1.165, 1.54) is 6.07 Å². The van der Waals surface area contributed by atoms with Gasteiger partial charge in [-0.25, -0.2) is 8.78 Å². The zero-order chi connectivity index (χ0) is 13.8. The fourth-order valence-electron chi connectivity index (χ4n) is 1.58. The van der Waals surface area contributed by atoms with Crippen LogP contribution in [-0.2, 0) is 11.2 Å². The maximum atomic E-state index is 13.4. The van der Waals surface area contributed by atoms with Gasteiger partial charge in [-0.1, -0.05) is 22.0 Å². The van der Waals surface area contributed by atoms with Crippen LogP contribution in [0.15, 0.2) is 46.9 Å². The molecule has 0 aromatic heterocycles. The Morgan fingerprint density at radius 2 is 1.79 bits per heavy atom. The first-order valence-electron chi connectivity index (χ1n) is 5.54. The molecule has 1 amide bonds. The summed E-state index contributed by atoms with van der Waals surface area (Å²) in [6.45, 7) is 0. The van der Waals surface area contributed by atoms with Crippen LogP contribution in [0.5, 0.6) is 0 Å². The Bertz CT molecular complexity index is 599. The normalized spacial score (nSPS) is 10.3. The summed E-state index contributed by atoms with van der Waals surface area (Å²) in [6, 6.07) is 10.2. The van der Waals surface area contributed by atoms with Gasteiger partial charge in [0.25, 0.3) is 0 Å². The number of benzene rings is 2. The molecular weight excluding hydrogens is 316 g/mol. The van der Waals surface area contributed by atoms with Gasteiger partial charge in [0.15, 0.2) is 0 Å². The quantitative estimate of drug-likeness (QED) is 0.910. The monoisotopic (exact) mass is 325 g/mol. The molecule has 0 atom stereocenters. The number of hydrogen-bond acceptors (Lipinski definition) is 1. The number of carbonyl (C=O) groups is 1. The Morgan fingerprint density at radius 1 is 1.11 bits per heavy atom. The van der Waals surface area contributed by atoms with Gasteiger partial charge in [-0.2, -0.15) is 0 Å². The molecule has 0 aliphatic heterocycles. The number of halogens is 3. The van der Waals surface area contributed by atoms with E-state index >= 15 is 0 Å². The summed E-state index contributed by atoms with van der Waals surface area (Å²) >= 11 is 3.28. The summed E-state index contributed by atoms with van der Waals surface area (Å²) in [5.41, 5.74) is 0.784. The minimum atomic E-state index is -0.717. The first-order chi connectivity index (χ1) is 9.04. The largest absolute Gasteiger partial charge is 0.326 e. The summed E-state index contributed by atoms with van der Waals surface area (Å²) in [7, 11) is 0. The van der Waals surface area contributed by atoms with Crippen LogP contribution in [0.4, 0.5) is 14.5 Å². The van der Waals surface area contributed by atoms with Crippen LogP contribution in [0.25, 0.3) is 0 Å². The number of rotatable bonds is 3. The average molecular weight is 326 g/mol. The van der Waals surface area contributed by atoms with E-state index in [9.17, 15) is 13.6 Å². The molecule has 2 nitrogen and oxygen atoms in total. The highest BCUT2D eigenvalue weighted by Crippen LogP contribution is 2.15. The molecule has 2 rings (SSSR count). The van der Waals surface area contributed by atoms with Gasteiger partial charge < -0.3 is 5.32 Å². The zero-order valence-corrected chi connectivity index (χ0v) is 11.4. The lowest BCUT2D eigenvalue weighted by Crippen LogP contribution is -2.15. The first-order valence-corrected chi connectivity index (χ1v) is 6.33. The van der Waals surface area contributed by atoms with E-state index in [0.717, 1.165) is 16.6 Å². The van der Waals surface area contributed by atoms with Gasteiger partial charge >= 0.3 is 0 Å². The SMILES string of the molecule is O=C(Cc1ccc(F)cc1F)Nc1ccc(Br)cc1. The molecule has 98 valence electrons. The third kappa shape index (κ3) is 3.86. The molecule has 0 fully saturated rings. The molecule has 0 heterocycles. The van der Waals surface area contributed by atoms with E-state index in [1.54, 1.807) is 24.3 Å². The van der Waals surface area contributed by atoms with Crippen LogP contribution in [0.2, 0.25) is 0 Å². The number of nitrogens with one attached hydrogen (secondary N) is 1. The molecule has 0 aliphatic carbocycles. The Hall–Kier alpha value is -1.75. The van der Waals surface area contributed by atoms with Crippen LogP contribution in [0.1, 0.15) is 5.56 Å². The molecule has 0 bridgehead atoms. The van der Waals surface area contributed by atoms with Crippen LogP contribution < -0.4 is 5.32 Å². The minimum Gasteiger partial charge on any atom is -0.326 e. The highest BCUT2D eigenvalue weighted by atomic mass is 79.9. The molecule has 2 aromatic rings. The maximum absolute atomic E-state index is 13.4. The van der Waals surface area contributed by atoms with Crippen molar-refractivity contribution in [3.05, 3.63) is 64.1 Å². The molecule has 0 saturated carbocycles. The van der Waals surface area contributed by atoms with E-state index in [0.29, 0.717) is 5.69 Å². The highest BCUT2D eigenvalue weighted by Gasteiger charge is 2.09. The summed E-state index contributed by atoms with van der Waals surface area (Å²) in [5.74, 6) is -1.73. The van der Waals surface area contributed by atoms with Crippen molar-refractivity contribution >= 4 is 27.5 Å². The Morgan fingerprint density at radius 3 is 2.42 bits per heavy atom. The molecule has 0 unspecified atom stereocenters. The Kier molecular flexibility index (Phi) is 4.27. The lowest BCUT2D eigenvalue weighted by atomic mass is 10.1. The lowest BCUT2D eigenvalue weighted by Gasteiger charge is -2.06. The topological polar surface area (TPSA) is 29.1 Å². The third-order valence-electron chi connectivity index (χ3n) is 2.49. The van der Waals surface area contributed by atoms with Crippen LogP contribution in [0, 0.1) is 11.6 Å². The van der Waals surface area contributed by atoms with Gasteiger partial charge in [-0.15, -0.1) is 0 Å². The smallest absolute Gasteiger partial charge is 0.228 e. The highest BCUT2D eigenvalue weighted by molar-refractivity contribution is 9.10. The van der Waals surface area contributed by atoms with Gasteiger partial charge in [-0.05, 0) is 35.9 Å². The van der Waals surface area contributed by atoms with Crippen molar-refractivity contribution < 1.29 is 13.6 Å². The number of amides is 1. The minimum absolute atomic E-state index is 0.137. The van der Waals surface area contributed by atoms with Crippen molar-refractivity contribution in [2.24, 2.45) is 0 Å². The predicted molar refractivity (Wildman–Crippen MR) is 72.8 cm³/mol. The van der Waals surface area contributed by atoms with Gasteiger partial charge in [0.1, 0.15) is 11.6 Å². The van der Waals surface area contributed by atoms with Gasteiger partial charge in [0.2, 0.25) is 5.91 Å². The number of anilines is 1. The molecule has 19 heavy (non-hydrogen) atoms. The molecule has 0 spiro atoms. The molecule has 2 aromatic carbocycles. The summed E-state index contributed by atoms with van der Waals surface area (Å²) in [4.78, 5) is 11.7. The van der Waals surface area contributed by atoms with Crippen molar-refractivity contribution in [1.29, 1.82) is 0 Å². The average Bonchev–Trinajstić information content (AvgIpc) is 2.36. The van der Waals surface area contributed by atoms with Crippen LogP contribution in [-0.4, -0.2) is 5.91 Å². The van der Waals surface area contributed by atoms with Crippen molar-refractivity contribution in [2.75, 3.05) is 5.32 Å². The molecule has 1 N–H and O–H groups in total. The van der Waals surface area contributed by atoms with Gasteiger partial charge in [-0.3, -0.25) is 4.79 Å². The Labute approximate surface area is 117 Å². The lowest BCUT2D eigenvalue weighted by molar-refractivity contribution is -0.115. The van der Waals surface area contributed by atoms with Crippen molar-refractivity contribution in [2.45, 2.75) is 6.42 Å². The van der Waals surface area contributed by atoms with E-state index in [2.05, 4.69) is 21.2 Å². The van der Waals surface area contributed by atoms with Crippen LogP contribution in [0.3, 0.4) is 0 Å². The summed E-state index contributed by atoms with van der Waals surface area (Å²) < 4.78 is 27.0. The second kappa shape index (κ2) is 5.93. The predicted octanol–water partition coefficient (Wildman–Crippen LogP) is 3.91. The van der Waals surface area contributed by atoms with Crippen molar-refractivity contribution in [1.82, 2.24) is 0 Å². The van der Waals surface area contributed by atoms with E-state index in [1.807, 2.05) is 0 Å². The molecule has 5 heteroatoms. The molecule has 0 saturated heterocycles. The number of carbonyl (C=O) groups excluding carboxylic acids is 1. The van der Waals surface area contributed by atoms with Gasteiger partial charge in [0, 0.05) is 16.2 Å². The zero-order valence-electron chi connectivity index (χ0n) is 9.79. The maximum Gasteiger partial charge on any atom is 0.228 e. The molecular formula is C14H10BrF2NO. The fourth-order valence-corrected chi connectivity index (χ4v) is 1.84. The summed E-state index contributed by atoms with van der Waals surface area (Å²) in [5, 5.41) is 2.64. The van der Waals surface area contributed by atoms with E-state index in [4.69, 9.17) is 0 Å².